The normalized spacial score (nSPS) is 13.7. The summed E-state index contributed by atoms with van der Waals surface area (Å²) >= 11 is 0. The second-order valence-electron chi connectivity index (χ2n) is 6.07. The molecule has 0 unspecified atom stereocenters. The summed E-state index contributed by atoms with van der Waals surface area (Å²) in [6, 6.07) is 9.99. The van der Waals surface area contributed by atoms with E-state index in [1.54, 1.807) is 0 Å². The maximum atomic E-state index is 4.71. The van der Waals surface area contributed by atoms with Gasteiger partial charge in [-0.2, -0.15) is 0 Å². The molecule has 0 aliphatic heterocycles. The van der Waals surface area contributed by atoms with Crippen LogP contribution in [0.4, 0.5) is 0 Å². The molecule has 0 fully saturated rings. The van der Waals surface area contributed by atoms with E-state index in [2.05, 4.69) is 41.7 Å². The maximum Gasteiger partial charge on any atom is 0.164 e. The molecule has 1 aliphatic carbocycles. The summed E-state index contributed by atoms with van der Waals surface area (Å²) < 4.78 is 0. The lowest BCUT2D eigenvalue weighted by molar-refractivity contribution is 0.957. The van der Waals surface area contributed by atoms with Crippen LogP contribution in [0.25, 0.3) is 22.5 Å². The molecule has 0 spiro atoms. The second-order valence-corrected chi connectivity index (χ2v) is 6.07. The molecule has 0 atom stereocenters. The van der Waals surface area contributed by atoms with Crippen molar-refractivity contribution in [3.63, 3.8) is 0 Å². The average Bonchev–Trinajstić information content (AvgIpc) is 2.98. The molecule has 0 radical (unpaired) electrons. The Bertz CT molecular complexity index is 887. The molecule has 0 saturated heterocycles. The monoisotopic (exact) mass is 341 g/mol. The van der Waals surface area contributed by atoms with E-state index in [1.807, 2.05) is 54.6 Å². The lowest BCUT2D eigenvalue weighted by Crippen LogP contribution is -2.04. The summed E-state index contributed by atoms with van der Waals surface area (Å²) in [7, 11) is 0. The second kappa shape index (κ2) is 8.86. The molecule has 0 amide bonds. The number of aromatic nitrogens is 3. The van der Waals surface area contributed by atoms with Gasteiger partial charge in [0.2, 0.25) is 0 Å². The smallest absolute Gasteiger partial charge is 0.164 e. The van der Waals surface area contributed by atoms with E-state index in [0.29, 0.717) is 17.5 Å². The Hall–Kier alpha value is -3.07. The van der Waals surface area contributed by atoms with E-state index in [-0.39, 0.29) is 0 Å². The van der Waals surface area contributed by atoms with Crippen molar-refractivity contribution in [1.29, 1.82) is 0 Å². The highest BCUT2D eigenvalue weighted by Gasteiger charge is 2.12. The van der Waals surface area contributed by atoms with Gasteiger partial charge in [-0.15, -0.1) is 0 Å². The number of hydrogen-bond donors (Lipinski definition) is 0. The topological polar surface area (TPSA) is 38.7 Å². The molecule has 26 heavy (non-hydrogen) atoms. The Morgan fingerprint density at radius 3 is 2.69 bits per heavy atom. The third-order valence-corrected chi connectivity index (χ3v) is 3.98. The minimum atomic E-state index is 0.618. The maximum absolute atomic E-state index is 4.71. The van der Waals surface area contributed by atoms with Crippen LogP contribution in [0.1, 0.15) is 37.8 Å². The lowest BCUT2D eigenvalue weighted by atomic mass is 10.1. The fourth-order valence-electron chi connectivity index (χ4n) is 2.58. The van der Waals surface area contributed by atoms with E-state index in [9.17, 15) is 0 Å². The lowest BCUT2D eigenvalue weighted by Gasteiger charge is -2.08. The van der Waals surface area contributed by atoms with Crippen LogP contribution in [0.3, 0.4) is 0 Å². The van der Waals surface area contributed by atoms with Gasteiger partial charge in [0.15, 0.2) is 17.5 Å². The number of benzene rings is 1. The SMILES string of the molecule is C=C(/C=C\CCC)c1nc(C2=CCC=CC=C2)nc(-c2ccccc2)n1. The Labute approximate surface area is 155 Å². The molecule has 1 aromatic carbocycles. The molecule has 0 N–H and O–H groups in total. The van der Waals surface area contributed by atoms with Crippen molar-refractivity contribution in [2.45, 2.75) is 26.2 Å². The molecular weight excluding hydrogens is 318 g/mol. The Morgan fingerprint density at radius 2 is 1.88 bits per heavy atom. The fraction of sp³-hybridized carbons (Fsp3) is 0.174. The molecule has 1 aromatic heterocycles. The first-order valence-electron chi connectivity index (χ1n) is 8.99. The van der Waals surface area contributed by atoms with Crippen molar-refractivity contribution < 1.29 is 0 Å². The largest absolute Gasteiger partial charge is 0.208 e. The van der Waals surface area contributed by atoms with E-state index in [4.69, 9.17) is 4.98 Å². The Morgan fingerprint density at radius 1 is 1.08 bits per heavy atom. The molecule has 3 rings (SSSR count). The third kappa shape index (κ3) is 4.51. The summed E-state index contributed by atoms with van der Waals surface area (Å²) in [5, 5.41) is 0. The van der Waals surface area contributed by atoms with Gasteiger partial charge in [-0.05, 0) is 12.8 Å². The van der Waals surface area contributed by atoms with Gasteiger partial charge in [-0.3, -0.25) is 0 Å². The van der Waals surface area contributed by atoms with Crippen LogP contribution in [-0.4, -0.2) is 15.0 Å². The van der Waals surface area contributed by atoms with Crippen LogP contribution >= 0.6 is 0 Å². The number of hydrogen-bond acceptors (Lipinski definition) is 3. The predicted molar refractivity (Wildman–Crippen MR) is 109 cm³/mol. The highest BCUT2D eigenvalue weighted by atomic mass is 15.0. The van der Waals surface area contributed by atoms with E-state index >= 15 is 0 Å². The first kappa shape index (κ1) is 17.7. The van der Waals surface area contributed by atoms with Gasteiger partial charge in [-0.25, -0.2) is 15.0 Å². The summed E-state index contributed by atoms with van der Waals surface area (Å²) in [6.07, 6.45) is 17.4. The minimum Gasteiger partial charge on any atom is -0.208 e. The molecule has 0 saturated carbocycles. The molecule has 3 nitrogen and oxygen atoms in total. The average molecular weight is 341 g/mol. The quantitative estimate of drug-likeness (QED) is 0.623. The van der Waals surface area contributed by atoms with Crippen LogP contribution < -0.4 is 0 Å². The van der Waals surface area contributed by atoms with Crippen molar-refractivity contribution >= 4 is 11.1 Å². The zero-order valence-corrected chi connectivity index (χ0v) is 15.1. The summed E-state index contributed by atoms with van der Waals surface area (Å²) in [5.74, 6) is 1.97. The van der Waals surface area contributed by atoms with Gasteiger partial charge >= 0.3 is 0 Å². The highest BCUT2D eigenvalue weighted by Crippen LogP contribution is 2.22. The third-order valence-electron chi connectivity index (χ3n) is 3.98. The van der Waals surface area contributed by atoms with Crippen molar-refractivity contribution in [3.05, 3.63) is 91.1 Å². The van der Waals surface area contributed by atoms with E-state index < -0.39 is 0 Å². The standard InChI is InChI=1S/C23H23N3/c1-3-4-8-13-18(2)21-24-22(19-14-9-5-6-10-15-19)26-23(25-21)20-16-11-7-12-17-20/h5-9,11-17H,2-4,10H2,1H3/b13-8-. The number of unbranched alkanes of at least 4 members (excludes halogenated alkanes) is 1. The number of allylic oxidation sites excluding steroid dienone is 9. The van der Waals surface area contributed by atoms with Gasteiger partial charge in [0.1, 0.15) is 0 Å². The molecule has 130 valence electrons. The van der Waals surface area contributed by atoms with Crippen molar-refractivity contribution in [2.75, 3.05) is 0 Å². The summed E-state index contributed by atoms with van der Waals surface area (Å²) in [4.78, 5) is 14.1. The van der Waals surface area contributed by atoms with Gasteiger partial charge in [0, 0.05) is 16.7 Å². The zero-order chi connectivity index (χ0) is 18.2. The minimum absolute atomic E-state index is 0.618. The zero-order valence-electron chi connectivity index (χ0n) is 15.1. The van der Waals surface area contributed by atoms with E-state index in [1.165, 1.54) is 0 Å². The molecule has 2 aromatic rings. The van der Waals surface area contributed by atoms with Crippen molar-refractivity contribution in [3.8, 4) is 11.4 Å². The Balaban J connectivity index is 2.05. The van der Waals surface area contributed by atoms with Crippen molar-refractivity contribution in [2.24, 2.45) is 0 Å². The van der Waals surface area contributed by atoms with Gasteiger partial charge in [0.05, 0.1) is 0 Å². The summed E-state index contributed by atoms with van der Waals surface area (Å²) in [5.41, 5.74) is 2.77. The molecule has 0 bridgehead atoms. The number of nitrogens with zero attached hydrogens (tertiary/aromatic N) is 3. The predicted octanol–water partition coefficient (Wildman–Crippen LogP) is 5.81. The molecule has 1 aliphatic rings. The van der Waals surface area contributed by atoms with Crippen LogP contribution in [0, 0.1) is 0 Å². The molecule has 3 heteroatoms. The first-order chi connectivity index (χ1) is 12.8. The van der Waals surface area contributed by atoms with Crippen molar-refractivity contribution in [1.82, 2.24) is 15.0 Å². The van der Waals surface area contributed by atoms with E-state index in [0.717, 1.165) is 36.0 Å². The molecule has 1 heterocycles. The van der Waals surface area contributed by atoms with Crippen LogP contribution in [0.2, 0.25) is 0 Å². The summed E-state index contributed by atoms with van der Waals surface area (Å²) in [6.45, 7) is 6.30. The van der Waals surface area contributed by atoms with Gasteiger partial charge in [0.25, 0.3) is 0 Å². The highest BCUT2D eigenvalue weighted by molar-refractivity contribution is 5.74. The van der Waals surface area contributed by atoms with Gasteiger partial charge in [-0.1, -0.05) is 92.8 Å². The Kier molecular flexibility index (Phi) is 6.05. The van der Waals surface area contributed by atoms with Crippen LogP contribution in [0.5, 0.6) is 0 Å². The van der Waals surface area contributed by atoms with Crippen LogP contribution in [0.15, 0.2) is 79.4 Å². The van der Waals surface area contributed by atoms with Crippen LogP contribution in [-0.2, 0) is 0 Å². The molecular formula is C23H23N3. The first-order valence-corrected chi connectivity index (χ1v) is 8.99. The van der Waals surface area contributed by atoms with Gasteiger partial charge < -0.3 is 0 Å². The number of rotatable bonds is 6. The fourth-order valence-corrected chi connectivity index (χ4v) is 2.58.